The number of rotatable bonds is 8. The van der Waals surface area contributed by atoms with Gasteiger partial charge in [0.2, 0.25) is 0 Å². The van der Waals surface area contributed by atoms with E-state index >= 15 is 0 Å². The molecule has 216 valence electrons. The van der Waals surface area contributed by atoms with Crippen molar-refractivity contribution < 1.29 is 4.79 Å². The molecule has 0 aliphatic rings. The van der Waals surface area contributed by atoms with Gasteiger partial charge in [-0.2, -0.15) is 0 Å². The molecule has 2 amide bonds. The van der Waals surface area contributed by atoms with E-state index < -0.39 is 0 Å². The molecule has 4 heterocycles. The summed E-state index contributed by atoms with van der Waals surface area (Å²) in [5.41, 5.74) is 4.11. The summed E-state index contributed by atoms with van der Waals surface area (Å²) < 4.78 is 6.09. The van der Waals surface area contributed by atoms with Gasteiger partial charge in [-0.25, -0.2) is 32.5 Å². The van der Waals surface area contributed by atoms with Crippen molar-refractivity contribution >= 4 is 39.1 Å². The Morgan fingerprint density at radius 1 is 0.714 bits per heavy atom. The van der Waals surface area contributed by atoms with Crippen molar-refractivity contribution in [1.82, 2.24) is 39.0 Å². The van der Waals surface area contributed by atoms with Gasteiger partial charge in [0, 0.05) is 0 Å². The number of aromatic nitrogens is 6. The van der Waals surface area contributed by atoms with E-state index in [1.807, 2.05) is 88.4 Å². The van der Waals surface area contributed by atoms with E-state index in [1.54, 1.807) is 8.80 Å². The number of carbonyl (C=O) groups is 1. The SMILES string of the molecule is CC[C@H](Cn1nc2c(C)cc3ccccc3n2c1=O)NC(=O)N[C@H](CC)Cn1nc2c(C)cc3ccccc3n2c1=O. The second-order valence-corrected chi connectivity index (χ2v) is 10.8. The molecule has 0 spiro atoms. The van der Waals surface area contributed by atoms with Crippen molar-refractivity contribution in [3.63, 3.8) is 0 Å². The molecule has 2 aromatic carbocycles. The summed E-state index contributed by atoms with van der Waals surface area (Å²) in [6.07, 6.45) is 1.20. The Morgan fingerprint density at radius 2 is 1.12 bits per heavy atom. The van der Waals surface area contributed by atoms with Gasteiger partial charge in [0.1, 0.15) is 0 Å². The number of nitrogens with one attached hydrogen (secondary N) is 2. The molecule has 11 nitrogen and oxygen atoms in total. The number of para-hydroxylation sites is 2. The molecule has 42 heavy (non-hydrogen) atoms. The number of hydrogen-bond acceptors (Lipinski definition) is 5. The van der Waals surface area contributed by atoms with Crippen LogP contribution in [0, 0.1) is 13.8 Å². The molecule has 0 saturated heterocycles. The zero-order chi connectivity index (χ0) is 29.5. The first-order valence-electron chi connectivity index (χ1n) is 14.3. The molecule has 11 heteroatoms. The van der Waals surface area contributed by atoms with Gasteiger partial charge in [-0.05, 0) is 72.9 Å². The standard InChI is InChI=1S/C31H34N8O3/c1-5-23(17-36-30(41)38-25-13-9-7-11-21(25)15-19(3)27(38)34-36)32-29(40)33-24(6-2)18-37-31(42)39-26-14-10-8-12-22(26)16-20(4)28(39)35-37/h7-16,23-24H,5-6,17-18H2,1-4H3,(H2,32,33,40)/t23-,24-/m1/s1. The lowest BCUT2D eigenvalue weighted by Crippen LogP contribution is -2.49. The van der Waals surface area contributed by atoms with Crippen molar-refractivity contribution in [2.75, 3.05) is 0 Å². The lowest BCUT2D eigenvalue weighted by Gasteiger charge is -2.21. The van der Waals surface area contributed by atoms with Crippen LogP contribution in [0.5, 0.6) is 0 Å². The topological polar surface area (TPSA) is 120 Å². The molecular weight excluding hydrogens is 532 g/mol. The molecule has 2 N–H and O–H groups in total. The molecule has 0 aliphatic carbocycles. The zero-order valence-corrected chi connectivity index (χ0v) is 24.2. The van der Waals surface area contributed by atoms with Gasteiger partial charge in [0.05, 0.1) is 36.2 Å². The lowest BCUT2D eigenvalue weighted by molar-refractivity contribution is 0.227. The molecule has 4 aromatic heterocycles. The summed E-state index contributed by atoms with van der Waals surface area (Å²) in [7, 11) is 0. The molecule has 0 radical (unpaired) electrons. The second-order valence-electron chi connectivity index (χ2n) is 10.8. The van der Waals surface area contributed by atoms with E-state index in [1.165, 1.54) is 9.36 Å². The number of carbonyl (C=O) groups excluding carboxylic acids is 1. The number of aryl methyl sites for hydroxylation is 2. The third-order valence-corrected chi connectivity index (χ3v) is 7.93. The number of benzene rings is 2. The molecule has 2 atom stereocenters. The van der Waals surface area contributed by atoms with E-state index in [0.717, 1.165) is 32.9 Å². The molecule has 0 saturated carbocycles. The fraction of sp³-hybridized carbons (Fsp3) is 0.323. The molecule has 6 aromatic rings. The van der Waals surface area contributed by atoms with Crippen LogP contribution < -0.4 is 22.0 Å². The summed E-state index contributed by atoms with van der Waals surface area (Å²) in [6, 6.07) is 18.4. The minimum absolute atomic E-state index is 0.229. The summed E-state index contributed by atoms with van der Waals surface area (Å²) in [4.78, 5) is 39.8. The quantitative estimate of drug-likeness (QED) is 0.291. The van der Waals surface area contributed by atoms with E-state index in [2.05, 4.69) is 20.8 Å². The number of amides is 2. The van der Waals surface area contributed by atoms with Crippen LogP contribution in [0.3, 0.4) is 0 Å². The molecule has 0 unspecified atom stereocenters. The highest BCUT2D eigenvalue weighted by atomic mass is 16.2. The monoisotopic (exact) mass is 566 g/mol. The Labute approximate surface area is 241 Å². The maximum atomic E-state index is 13.4. The largest absolute Gasteiger partial charge is 0.350 e. The number of hydrogen-bond donors (Lipinski definition) is 2. The maximum absolute atomic E-state index is 13.4. The molecule has 0 aliphatic heterocycles. The number of pyridine rings is 2. The number of fused-ring (bicyclic) bond motifs is 6. The predicted molar refractivity (Wildman–Crippen MR) is 163 cm³/mol. The van der Waals surface area contributed by atoms with Gasteiger partial charge in [-0.1, -0.05) is 50.2 Å². The van der Waals surface area contributed by atoms with E-state index in [4.69, 9.17) is 0 Å². The van der Waals surface area contributed by atoms with Crippen LogP contribution in [0.25, 0.3) is 33.1 Å². The van der Waals surface area contributed by atoms with E-state index in [0.29, 0.717) is 24.1 Å². The van der Waals surface area contributed by atoms with Crippen molar-refractivity contribution in [3.8, 4) is 0 Å². The van der Waals surface area contributed by atoms with Crippen LogP contribution in [0.4, 0.5) is 4.79 Å². The first kappa shape index (κ1) is 27.3. The Hall–Kier alpha value is -4.93. The highest BCUT2D eigenvalue weighted by molar-refractivity contribution is 5.84. The average Bonchev–Trinajstić information content (AvgIpc) is 3.49. The molecule has 0 fully saturated rings. The molecule has 0 bridgehead atoms. The summed E-state index contributed by atoms with van der Waals surface area (Å²) in [6.45, 7) is 8.23. The van der Waals surface area contributed by atoms with Gasteiger partial charge in [-0.3, -0.25) is 0 Å². The van der Waals surface area contributed by atoms with Crippen molar-refractivity contribution in [2.45, 2.75) is 65.7 Å². The summed E-state index contributed by atoms with van der Waals surface area (Å²) >= 11 is 0. The smallest absolute Gasteiger partial charge is 0.334 e. The van der Waals surface area contributed by atoms with Gasteiger partial charge in [0.15, 0.2) is 11.3 Å². The van der Waals surface area contributed by atoms with Crippen LogP contribution in [0.2, 0.25) is 0 Å². The number of urea groups is 1. The fourth-order valence-electron chi connectivity index (χ4n) is 5.60. The van der Waals surface area contributed by atoms with Gasteiger partial charge >= 0.3 is 17.4 Å². The van der Waals surface area contributed by atoms with E-state index in [9.17, 15) is 14.4 Å². The first-order chi connectivity index (χ1) is 20.3. The second kappa shape index (κ2) is 10.8. The summed E-state index contributed by atoms with van der Waals surface area (Å²) in [5.74, 6) is 0. The average molecular weight is 567 g/mol. The summed E-state index contributed by atoms with van der Waals surface area (Å²) in [5, 5.41) is 17.1. The predicted octanol–water partition coefficient (Wildman–Crippen LogP) is 3.79. The van der Waals surface area contributed by atoms with Crippen molar-refractivity contribution in [3.05, 3.63) is 92.8 Å². The first-order valence-corrected chi connectivity index (χ1v) is 14.3. The van der Waals surface area contributed by atoms with E-state index in [-0.39, 0.29) is 42.6 Å². The zero-order valence-electron chi connectivity index (χ0n) is 24.2. The van der Waals surface area contributed by atoms with Crippen LogP contribution in [0.1, 0.15) is 37.8 Å². The van der Waals surface area contributed by atoms with Crippen LogP contribution in [-0.2, 0) is 13.1 Å². The Morgan fingerprint density at radius 3 is 1.52 bits per heavy atom. The maximum Gasteiger partial charge on any atom is 0.350 e. The minimum atomic E-state index is -0.370. The van der Waals surface area contributed by atoms with Crippen LogP contribution in [-0.4, -0.2) is 46.5 Å². The van der Waals surface area contributed by atoms with Crippen LogP contribution >= 0.6 is 0 Å². The highest BCUT2D eigenvalue weighted by Crippen LogP contribution is 2.19. The fourth-order valence-corrected chi connectivity index (χ4v) is 5.60. The van der Waals surface area contributed by atoms with Gasteiger partial charge < -0.3 is 10.6 Å². The van der Waals surface area contributed by atoms with Crippen molar-refractivity contribution in [1.29, 1.82) is 0 Å². The molecule has 6 rings (SSSR count). The number of nitrogens with zero attached hydrogens (tertiary/aromatic N) is 6. The lowest BCUT2D eigenvalue weighted by atomic mass is 10.1. The van der Waals surface area contributed by atoms with Crippen LogP contribution in [0.15, 0.2) is 70.3 Å². The highest BCUT2D eigenvalue weighted by Gasteiger charge is 2.20. The van der Waals surface area contributed by atoms with Gasteiger partial charge in [-0.15, -0.1) is 10.2 Å². The molecular formula is C31H34N8O3. The Bertz CT molecular complexity index is 1940. The van der Waals surface area contributed by atoms with Crippen molar-refractivity contribution in [2.24, 2.45) is 0 Å². The normalized spacial score (nSPS) is 13.2. The van der Waals surface area contributed by atoms with Gasteiger partial charge in [0.25, 0.3) is 0 Å². The Balaban J connectivity index is 1.19. The third kappa shape index (κ3) is 4.70. The minimum Gasteiger partial charge on any atom is -0.334 e. The third-order valence-electron chi connectivity index (χ3n) is 7.93. The Kier molecular flexibility index (Phi) is 7.01.